The Bertz CT molecular complexity index is 301. The van der Waals surface area contributed by atoms with Crippen molar-refractivity contribution in [2.75, 3.05) is 0 Å². The molecule has 4 nitrogen and oxygen atoms in total. The third kappa shape index (κ3) is 2.20. The van der Waals surface area contributed by atoms with Gasteiger partial charge in [0.1, 0.15) is 12.2 Å². The highest BCUT2D eigenvalue weighted by atomic mass is 15.3. The topological polar surface area (TPSA) is 56.7 Å². The molecule has 1 unspecified atom stereocenters. The van der Waals surface area contributed by atoms with Crippen molar-refractivity contribution in [3.63, 3.8) is 0 Å². The van der Waals surface area contributed by atoms with Crippen LogP contribution in [0.3, 0.4) is 0 Å². The maximum Gasteiger partial charge on any atom is 0.144 e. The maximum atomic E-state index is 6.27. The zero-order valence-electron chi connectivity index (χ0n) is 9.39. The summed E-state index contributed by atoms with van der Waals surface area (Å²) >= 11 is 0. The molecule has 1 aliphatic carbocycles. The van der Waals surface area contributed by atoms with E-state index in [4.69, 9.17) is 5.73 Å². The molecule has 1 aromatic rings. The molecule has 0 aromatic carbocycles. The Morgan fingerprint density at radius 2 is 2.20 bits per heavy atom. The second-order valence-corrected chi connectivity index (χ2v) is 4.36. The van der Waals surface area contributed by atoms with E-state index in [1.54, 1.807) is 6.33 Å². The van der Waals surface area contributed by atoms with Crippen molar-refractivity contribution >= 4 is 0 Å². The van der Waals surface area contributed by atoms with Gasteiger partial charge in [0.15, 0.2) is 0 Å². The lowest BCUT2D eigenvalue weighted by Gasteiger charge is -2.26. The molecule has 1 aliphatic rings. The van der Waals surface area contributed by atoms with E-state index in [-0.39, 0.29) is 6.04 Å². The minimum Gasteiger partial charge on any atom is -0.321 e. The molecule has 0 aliphatic heterocycles. The molecule has 4 heteroatoms. The van der Waals surface area contributed by atoms with Gasteiger partial charge in [-0.2, -0.15) is 5.10 Å². The van der Waals surface area contributed by atoms with Gasteiger partial charge in [0.05, 0.1) is 6.04 Å². The number of nitrogens with zero attached hydrogens (tertiary/aromatic N) is 3. The minimum atomic E-state index is 0.0766. The molecule has 0 spiro atoms. The average molecular weight is 208 g/mol. The van der Waals surface area contributed by atoms with Gasteiger partial charge in [0.2, 0.25) is 0 Å². The van der Waals surface area contributed by atoms with Crippen molar-refractivity contribution in [1.82, 2.24) is 14.8 Å². The fourth-order valence-corrected chi connectivity index (χ4v) is 2.48. The van der Waals surface area contributed by atoms with Crippen LogP contribution in [0.1, 0.15) is 50.9 Å². The van der Waals surface area contributed by atoms with Gasteiger partial charge in [-0.25, -0.2) is 9.67 Å². The fourth-order valence-electron chi connectivity index (χ4n) is 2.48. The zero-order chi connectivity index (χ0) is 10.7. The first-order valence-corrected chi connectivity index (χ1v) is 5.96. The van der Waals surface area contributed by atoms with Crippen LogP contribution in [0.4, 0.5) is 0 Å². The summed E-state index contributed by atoms with van der Waals surface area (Å²) in [7, 11) is 0. The Morgan fingerprint density at radius 3 is 2.87 bits per heavy atom. The van der Waals surface area contributed by atoms with Crippen molar-refractivity contribution in [2.45, 2.75) is 51.6 Å². The molecule has 2 N–H and O–H groups in total. The first-order valence-electron chi connectivity index (χ1n) is 5.96. The molecule has 84 valence electrons. The van der Waals surface area contributed by atoms with E-state index in [1.807, 2.05) is 4.68 Å². The van der Waals surface area contributed by atoms with Gasteiger partial charge < -0.3 is 5.73 Å². The van der Waals surface area contributed by atoms with Crippen LogP contribution in [-0.2, 0) is 6.54 Å². The molecule has 1 aromatic heterocycles. The van der Waals surface area contributed by atoms with Gasteiger partial charge in [0.25, 0.3) is 0 Å². The average Bonchev–Trinajstić information content (AvgIpc) is 2.77. The summed E-state index contributed by atoms with van der Waals surface area (Å²) in [6.07, 6.45) is 8.11. The van der Waals surface area contributed by atoms with E-state index in [0.717, 1.165) is 12.4 Å². The molecule has 1 fully saturated rings. The molecule has 15 heavy (non-hydrogen) atoms. The van der Waals surface area contributed by atoms with Gasteiger partial charge >= 0.3 is 0 Å². The van der Waals surface area contributed by atoms with Crippen LogP contribution in [0.25, 0.3) is 0 Å². The Balaban J connectivity index is 2.08. The summed E-state index contributed by atoms with van der Waals surface area (Å²) in [5.41, 5.74) is 6.27. The second-order valence-electron chi connectivity index (χ2n) is 4.36. The Labute approximate surface area is 90.9 Å². The summed E-state index contributed by atoms with van der Waals surface area (Å²) in [5, 5.41) is 4.18. The molecular formula is C11H20N4. The molecule has 1 atom stereocenters. The first-order chi connectivity index (χ1) is 7.33. The van der Waals surface area contributed by atoms with Crippen molar-refractivity contribution in [2.24, 2.45) is 11.7 Å². The Morgan fingerprint density at radius 1 is 1.47 bits per heavy atom. The molecule has 0 saturated heterocycles. The third-order valence-electron chi connectivity index (χ3n) is 3.40. The summed E-state index contributed by atoms with van der Waals surface area (Å²) in [6, 6.07) is 0.0766. The van der Waals surface area contributed by atoms with Gasteiger partial charge in [0, 0.05) is 6.54 Å². The first kappa shape index (κ1) is 10.6. The normalized spacial score (nSPS) is 20.4. The van der Waals surface area contributed by atoms with Crippen LogP contribution in [0.15, 0.2) is 6.33 Å². The van der Waals surface area contributed by atoms with Crippen LogP contribution in [0.5, 0.6) is 0 Å². The largest absolute Gasteiger partial charge is 0.321 e. The van der Waals surface area contributed by atoms with Gasteiger partial charge in [-0.3, -0.25) is 0 Å². The van der Waals surface area contributed by atoms with Crippen LogP contribution in [-0.4, -0.2) is 14.8 Å². The van der Waals surface area contributed by atoms with E-state index < -0.39 is 0 Å². The third-order valence-corrected chi connectivity index (χ3v) is 3.40. The second kappa shape index (κ2) is 4.75. The smallest absolute Gasteiger partial charge is 0.144 e. The van der Waals surface area contributed by atoms with Gasteiger partial charge in [-0.1, -0.05) is 19.3 Å². The van der Waals surface area contributed by atoms with Crippen molar-refractivity contribution in [3.8, 4) is 0 Å². The highest BCUT2D eigenvalue weighted by Crippen LogP contribution is 2.31. The van der Waals surface area contributed by atoms with E-state index in [2.05, 4.69) is 17.0 Å². The predicted molar refractivity (Wildman–Crippen MR) is 59.2 cm³/mol. The molecular weight excluding hydrogens is 188 g/mol. The summed E-state index contributed by atoms with van der Waals surface area (Å²) in [6.45, 7) is 2.93. The number of hydrogen-bond acceptors (Lipinski definition) is 3. The van der Waals surface area contributed by atoms with E-state index >= 15 is 0 Å². The van der Waals surface area contributed by atoms with Gasteiger partial charge in [-0.05, 0) is 25.7 Å². The number of hydrogen-bond donors (Lipinski definition) is 1. The van der Waals surface area contributed by atoms with Crippen molar-refractivity contribution < 1.29 is 0 Å². The highest BCUT2D eigenvalue weighted by molar-refractivity contribution is 4.96. The Hall–Kier alpha value is -0.900. The van der Waals surface area contributed by atoms with Gasteiger partial charge in [-0.15, -0.1) is 0 Å². The number of rotatable bonds is 3. The quantitative estimate of drug-likeness (QED) is 0.825. The summed E-state index contributed by atoms with van der Waals surface area (Å²) in [4.78, 5) is 4.29. The number of nitrogens with two attached hydrogens (primary N) is 1. The standard InChI is InChI=1S/C11H20N4/c1-2-15-11(13-8-14-15)10(12)9-6-4-3-5-7-9/h8-10H,2-7,12H2,1H3. The lowest BCUT2D eigenvalue weighted by molar-refractivity contribution is 0.294. The molecule has 0 bridgehead atoms. The molecule has 0 amide bonds. The van der Waals surface area contributed by atoms with Crippen LogP contribution < -0.4 is 5.73 Å². The van der Waals surface area contributed by atoms with E-state index in [0.29, 0.717) is 5.92 Å². The lowest BCUT2D eigenvalue weighted by atomic mass is 9.84. The summed E-state index contributed by atoms with van der Waals surface area (Å²) < 4.78 is 1.92. The molecule has 1 saturated carbocycles. The zero-order valence-corrected chi connectivity index (χ0v) is 9.39. The maximum absolute atomic E-state index is 6.27. The number of aromatic nitrogens is 3. The van der Waals surface area contributed by atoms with E-state index in [1.165, 1.54) is 32.1 Å². The van der Waals surface area contributed by atoms with Crippen molar-refractivity contribution in [3.05, 3.63) is 12.2 Å². The fraction of sp³-hybridized carbons (Fsp3) is 0.818. The molecule has 1 heterocycles. The molecule has 2 rings (SSSR count). The summed E-state index contributed by atoms with van der Waals surface area (Å²) in [5.74, 6) is 1.57. The Kier molecular flexibility index (Phi) is 3.36. The number of aryl methyl sites for hydroxylation is 1. The monoisotopic (exact) mass is 208 g/mol. The van der Waals surface area contributed by atoms with Crippen LogP contribution >= 0.6 is 0 Å². The predicted octanol–water partition coefficient (Wildman–Crippen LogP) is 1.88. The van der Waals surface area contributed by atoms with Crippen molar-refractivity contribution in [1.29, 1.82) is 0 Å². The highest BCUT2D eigenvalue weighted by Gasteiger charge is 2.25. The lowest BCUT2D eigenvalue weighted by Crippen LogP contribution is -2.26. The minimum absolute atomic E-state index is 0.0766. The van der Waals surface area contributed by atoms with Crippen LogP contribution in [0.2, 0.25) is 0 Å². The SMILES string of the molecule is CCn1ncnc1C(N)C1CCCCC1. The molecule has 0 radical (unpaired) electrons. The van der Waals surface area contributed by atoms with Crippen LogP contribution in [0, 0.1) is 5.92 Å². The van der Waals surface area contributed by atoms with E-state index in [9.17, 15) is 0 Å².